The first-order valence-electron chi connectivity index (χ1n) is 16.6. The zero-order valence-corrected chi connectivity index (χ0v) is 30.4. The van der Waals surface area contributed by atoms with E-state index in [2.05, 4.69) is 49.4 Å². The Morgan fingerprint density at radius 3 is 1.49 bits per heavy atom. The summed E-state index contributed by atoms with van der Waals surface area (Å²) in [6, 6.07) is 18.7. The third-order valence-electron chi connectivity index (χ3n) is 8.54. The molecular formula is C35H50BrF4N5O3S. The molecule has 2 aliphatic carbocycles. The molecule has 0 saturated heterocycles. The summed E-state index contributed by atoms with van der Waals surface area (Å²) in [4.78, 5) is 36.1. The van der Waals surface area contributed by atoms with Crippen LogP contribution in [-0.2, 0) is 14.4 Å². The van der Waals surface area contributed by atoms with Crippen LogP contribution in [0.1, 0.15) is 87.4 Å². The van der Waals surface area contributed by atoms with Crippen LogP contribution in [0.5, 0.6) is 0 Å². The molecule has 3 amide bonds. The lowest BCUT2D eigenvalue weighted by Gasteiger charge is -2.29. The summed E-state index contributed by atoms with van der Waals surface area (Å²) < 4.78 is 55.3. The summed E-state index contributed by atoms with van der Waals surface area (Å²) in [5.41, 5.74) is 7.54. The number of hydrogen-bond acceptors (Lipinski definition) is 6. The molecule has 0 bridgehead atoms. The predicted octanol–water partition coefficient (Wildman–Crippen LogP) is 6.64. The lowest BCUT2D eigenvalue weighted by Crippen LogP contribution is -2.39. The molecule has 0 radical (unpaired) electrons. The molecule has 2 aromatic rings. The smallest absolute Gasteiger partial charge is 0.248 e. The molecule has 0 aliphatic heterocycles. The van der Waals surface area contributed by atoms with Crippen LogP contribution in [0.15, 0.2) is 60.7 Å². The SMILES string of the molecule is CNS.NCCC(NC(=O)C1CCC(F)(F)CC1)c1ccccc1.O=C(CBr)NCCC(NC(=O)C1CCC(F)(F)CC1)c1ccccc1. The second kappa shape index (κ2) is 22.2. The summed E-state index contributed by atoms with van der Waals surface area (Å²) in [5, 5.41) is 8.93. The van der Waals surface area contributed by atoms with E-state index in [1.54, 1.807) is 7.05 Å². The van der Waals surface area contributed by atoms with E-state index >= 15 is 0 Å². The summed E-state index contributed by atoms with van der Waals surface area (Å²) in [5.74, 6) is -6.36. The summed E-state index contributed by atoms with van der Waals surface area (Å²) in [6.07, 6.45) is 1.24. The number of alkyl halides is 5. The number of thiol groups is 1. The van der Waals surface area contributed by atoms with E-state index in [0.717, 1.165) is 11.1 Å². The molecule has 49 heavy (non-hydrogen) atoms. The van der Waals surface area contributed by atoms with E-state index in [9.17, 15) is 31.9 Å². The van der Waals surface area contributed by atoms with Crippen LogP contribution in [0.3, 0.4) is 0 Å². The van der Waals surface area contributed by atoms with Gasteiger partial charge in [-0.2, -0.15) is 0 Å². The highest BCUT2D eigenvalue weighted by atomic mass is 79.9. The van der Waals surface area contributed by atoms with Crippen molar-refractivity contribution in [2.75, 3.05) is 25.5 Å². The average molecular weight is 777 g/mol. The van der Waals surface area contributed by atoms with Gasteiger partial charge in [-0.25, -0.2) is 17.6 Å². The van der Waals surface area contributed by atoms with E-state index < -0.39 is 11.8 Å². The van der Waals surface area contributed by atoms with Gasteiger partial charge in [-0.05, 0) is 63.2 Å². The molecule has 2 unspecified atom stereocenters. The Hall–Kier alpha value is -2.68. The highest BCUT2D eigenvalue weighted by molar-refractivity contribution is 9.09. The van der Waals surface area contributed by atoms with Gasteiger partial charge in [0, 0.05) is 44.1 Å². The zero-order valence-electron chi connectivity index (χ0n) is 27.9. The highest BCUT2D eigenvalue weighted by Gasteiger charge is 2.39. The van der Waals surface area contributed by atoms with Gasteiger partial charge in [-0.15, -0.1) is 0 Å². The Kier molecular flexibility index (Phi) is 19.3. The van der Waals surface area contributed by atoms with Gasteiger partial charge in [-0.1, -0.05) is 89.4 Å². The van der Waals surface area contributed by atoms with Crippen LogP contribution in [0, 0.1) is 11.8 Å². The van der Waals surface area contributed by atoms with Gasteiger partial charge in [0.15, 0.2) is 0 Å². The number of nitrogens with one attached hydrogen (secondary N) is 4. The summed E-state index contributed by atoms with van der Waals surface area (Å²) >= 11 is 6.62. The van der Waals surface area contributed by atoms with E-state index in [4.69, 9.17) is 5.73 Å². The number of amides is 3. The van der Waals surface area contributed by atoms with Gasteiger partial charge in [-0.3, -0.25) is 19.1 Å². The molecule has 2 aromatic carbocycles. The fourth-order valence-corrected chi connectivity index (χ4v) is 5.97. The number of nitrogens with two attached hydrogens (primary N) is 1. The minimum absolute atomic E-state index is 0.118. The maximum absolute atomic E-state index is 13.3. The van der Waals surface area contributed by atoms with Crippen LogP contribution in [-0.4, -0.2) is 55.0 Å². The number of hydrogen-bond donors (Lipinski definition) is 6. The Labute approximate surface area is 301 Å². The molecule has 274 valence electrons. The second-order valence-electron chi connectivity index (χ2n) is 12.3. The molecule has 0 aromatic heterocycles. The third kappa shape index (κ3) is 16.3. The Balaban J connectivity index is 0.000000319. The molecule has 2 atom stereocenters. The minimum atomic E-state index is -2.64. The Morgan fingerprint density at radius 2 is 1.14 bits per heavy atom. The number of halogens is 5. The van der Waals surface area contributed by atoms with Crippen LogP contribution in [0.4, 0.5) is 17.6 Å². The molecule has 14 heteroatoms. The average Bonchev–Trinajstić information content (AvgIpc) is 3.08. The van der Waals surface area contributed by atoms with Crippen molar-refractivity contribution < 1.29 is 31.9 Å². The van der Waals surface area contributed by atoms with Crippen molar-refractivity contribution in [3.05, 3.63) is 71.8 Å². The first-order valence-corrected chi connectivity index (χ1v) is 18.2. The quantitative estimate of drug-likeness (QED) is 0.0820. The summed E-state index contributed by atoms with van der Waals surface area (Å²) in [7, 11) is 1.74. The molecule has 4 rings (SSSR count). The van der Waals surface area contributed by atoms with Gasteiger partial charge < -0.3 is 21.7 Å². The lowest BCUT2D eigenvalue weighted by atomic mass is 9.86. The molecule has 2 saturated carbocycles. The van der Waals surface area contributed by atoms with Crippen LogP contribution >= 0.6 is 28.7 Å². The van der Waals surface area contributed by atoms with Gasteiger partial charge in [0.2, 0.25) is 29.6 Å². The molecule has 6 N–H and O–H groups in total. The number of benzene rings is 2. The molecular weight excluding hydrogens is 726 g/mol. The normalized spacial score (nSPS) is 18.3. The van der Waals surface area contributed by atoms with Crippen LogP contribution in [0.25, 0.3) is 0 Å². The Bertz CT molecular complexity index is 1250. The minimum Gasteiger partial charge on any atom is -0.355 e. The largest absolute Gasteiger partial charge is 0.355 e. The first-order chi connectivity index (χ1) is 23.3. The van der Waals surface area contributed by atoms with E-state index in [-0.39, 0.29) is 98.3 Å². The van der Waals surface area contributed by atoms with E-state index in [1.807, 2.05) is 60.7 Å². The van der Waals surface area contributed by atoms with Gasteiger partial charge in [0.25, 0.3) is 0 Å². The van der Waals surface area contributed by atoms with Crippen molar-refractivity contribution in [2.24, 2.45) is 17.6 Å². The van der Waals surface area contributed by atoms with Crippen molar-refractivity contribution in [2.45, 2.75) is 88.1 Å². The fourth-order valence-electron chi connectivity index (χ4n) is 5.77. The van der Waals surface area contributed by atoms with Crippen molar-refractivity contribution in [1.29, 1.82) is 0 Å². The van der Waals surface area contributed by atoms with E-state index in [0.29, 0.717) is 25.9 Å². The fraction of sp³-hybridized carbons (Fsp3) is 0.571. The standard InChI is InChI=1S/C18H23BrF2N2O2.C16H22F2N2O.CH5NS/c19-12-16(24)22-11-8-15(13-4-2-1-3-5-13)23-17(25)14-6-9-18(20,21)10-7-14;17-16(18)9-6-13(7-10-16)15(21)20-14(8-11-19)12-4-2-1-3-5-12;1-2-3/h1-5,14-15H,6-12H2,(H,22,24)(H,23,25);1-5,13-14H,6-11,19H2,(H,20,21);2-3H,1H3. The monoisotopic (exact) mass is 775 g/mol. The number of rotatable bonds is 12. The maximum atomic E-state index is 13.3. The topological polar surface area (TPSA) is 125 Å². The highest BCUT2D eigenvalue weighted by Crippen LogP contribution is 2.37. The summed E-state index contributed by atoms with van der Waals surface area (Å²) in [6.45, 7) is 0.885. The van der Waals surface area contributed by atoms with Crippen molar-refractivity contribution >= 4 is 46.5 Å². The van der Waals surface area contributed by atoms with Gasteiger partial charge in [0.1, 0.15) is 0 Å². The molecule has 0 spiro atoms. The Morgan fingerprint density at radius 1 is 0.776 bits per heavy atom. The molecule has 2 fully saturated rings. The first kappa shape index (κ1) is 42.5. The van der Waals surface area contributed by atoms with E-state index in [1.165, 1.54) is 0 Å². The third-order valence-corrected chi connectivity index (χ3v) is 9.05. The lowest BCUT2D eigenvalue weighted by molar-refractivity contribution is -0.131. The van der Waals surface area contributed by atoms with Crippen LogP contribution in [0.2, 0.25) is 0 Å². The zero-order chi connectivity index (χ0) is 36.3. The molecule has 2 aliphatic rings. The van der Waals surface area contributed by atoms with Crippen molar-refractivity contribution in [1.82, 2.24) is 20.7 Å². The second-order valence-corrected chi connectivity index (χ2v) is 13.3. The van der Waals surface area contributed by atoms with Crippen molar-refractivity contribution in [3.63, 3.8) is 0 Å². The van der Waals surface area contributed by atoms with Crippen molar-refractivity contribution in [3.8, 4) is 0 Å². The van der Waals surface area contributed by atoms with Crippen LogP contribution < -0.4 is 26.4 Å². The maximum Gasteiger partial charge on any atom is 0.248 e. The van der Waals surface area contributed by atoms with Gasteiger partial charge in [0.05, 0.1) is 17.4 Å². The van der Waals surface area contributed by atoms with Gasteiger partial charge >= 0.3 is 0 Å². The molecule has 8 nitrogen and oxygen atoms in total. The molecule has 0 heterocycles. The number of carbonyl (C=O) groups excluding carboxylic acids is 3. The predicted molar refractivity (Wildman–Crippen MR) is 192 cm³/mol. The number of carbonyl (C=O) groups is 3.